The molecule has 0 aliphatic heterocycles. The van der Waals surface area contributed by atoms with Crippen molar-refractivity contribution in [3.63, 3.8) is 0 Å². The number of hydrogen-bond donors (Lipinski definition) is 2. The van der Waals surface area contributed by atoms with Crippen LogP contribution < -0.4 is 10.1 Å². The molecule has 4 nitrogen and oxygen atoms in total. The zero-order valence-electron chi connectivity index (χ0n) is 13.4. The largest absolute Gasteiger partial charge is 0.486 e. The summed E-state index contributed by atoms with van der Waals surface area (Å²) in [5.41, 5.74) is 2.24. The average Bonchev–Trinajstić information content (AvgIpc) is 2.99. The van der Waals surface area contributed by atoms with E-state index < -0.39 is 0 Å². The van der Waals surface area contributed by atoms with Gasteiger partial charge in [-0.3, -0.25) is 0 Å². The van der Waals surface area contributed by atoms with Crippen molar-refractivity contribution in [2.24, 2.45) is 5.92 Å². The summed E-state index contributed by atoms with van der Waals surface area (Å²) in [5, 5.41) is 15.5. The molecule has 120 valence electrons. The van der Waals surface area contributed by atoms with Crippen LogP contribution in [-0.4, -0.2) is 22.7 Å². The molecule has 2 aromatic rings. The normalized spacial score (nSPS) is 13.8. The molecule has 0 spiro atoms. The van der Waals surface area contributed by atoms with Gasteiger partial charge in [0, 0.05) is 24.6 Å². The molecule has 2 rings (SSSR count). The Morgan fingerprint density at radius 3 is 2.68 bits per heavy atom. The topological polar surface area (TPSA) is 54.4 Å². The molecule has 0 saturated heterocycles. The highest BCUT2D eigenvalue weighted by Crippen LogP contribution is 2.16. The fourth-order valence-corrected chi connectivity index (χ4v) is 2.61. The maximum absolute atomic E-state index is 9.13. The second-order valence-electron chi connectivity index (χ2n) is 5.66. The molecule has 0 saturated carbocycles. The van der Waals surface area contributed by atoms with Crippen molar-refractivity contribution >= 4 is 11.3 Å². The summed E-state index contributed by atoms with van der Waals surface area (Å²) in [4.78, 5) is 4.57. The fourth-order valence-electron chi connectivity index (χ4n) is 1.90. The van der Waals surface area contributed by atoms with Gasteiger partial charge in [-0.05, 0) is 31.9 Å². The monoisotopic (exact) mass is 320 g/mol. The van der Waals surface area contributed by atoms with Gasteiger partial charge in [-0.1, -0.05) is 24.6 Å². The van der Waals surface area contributed by atoms with Gasteiger partial charge in [-0.15, -0.1) is 11.3 Å². The average molecular weight is 320 g/mol. The van der Waals surface area contributed by atoms with E-state index in [4.69, 9.17) is 9.84 Å². The first-order chi connectivity index (χ1) is 10.6. The number of aliphatic hydroxyl groups is 1. The number of rotatable bonds is 8. The van der Waals surface area contributed by atoms with E-state index in [2.05, 4.69) is 29.5 Å². The van der Waals surface area contributed by atoms with Crippen molar-refractivity contribution in [3.05, 3.63) is 45.9 Å². The van der Waals surface area contributed by atoms with Gasteiger partial charge >= 0.3 is 0 Å². The van der Waals surface area contributed by atoms with Crippen LogP contribution in [0.3, 0.4) is 0 Å². The maximum Gasteiger partial charge on any atom is 0.140 e. The molecule has 2 unspecified atom stereocenters. The van der Waals surface area contributed by atoms with Crippen molar-refractivity contribution in [2.75, 3.05) is 6.61 Å². The second-order valence-corrected chi connectivity index (χ2v) is 6.61. The lowest BCUT2D eigenvalue weighted by molar-refractivity contribution is 0.207. The van der Waals surface area contributed by atoms with Crippen LogP contribution >= 0.6 is 11.3 Å². The summed E-state index contributed by atoms with van der Waals surface area (Å²) in [7, 11) is 0. The molecule has 2 atom stereocenters. The van der Waals surface area contributed by atoms with E-state index in [9.17, 15) is 0 Å². The zero-order chi connectivity index (χ0) is 15.9. The van der Waals surface area contributed by atoms with E-state index in [1.165, 1.54) is 5.56 Å². The summed E-state index contributed by atoms with van der Waals surface area (Å²) in [5.74, 6) is 1.11. The Morgan fingerprint density at radius 1 is 1.27 bits per heavy atom. The molecule has 0 amide bonds. The number of hydrogen-bond acceptors (Lipinski definition) is 5. The minimum Gasteiger partial charge on any atom is -0.486 e. The quantitative estimate of drug-likeness (QED) is 0.784. The Kier molecular flexibility index (Phi) is 6.36. The molecule has 2 N–H and O–H groups in total. The van der Waals surface area contributed by atoms with Gasteiger partial charge in [0.05, 0.1) is 5.69 Å². The van der Waals surface area contributed by atoms with Gasteiger partial charge < -0.3 is 15.2 Å². The van der Waals surface area contributed by atoms with Gasteiger partial charge in [0.25, 0.3) is 0 Å². The summed E-state index contributed by atoms with van der Waals surface area (Å²) >= 11 is 1.61. The third-order valence-electron chi connectivity index (χ3n) is 3.73. The molecule has 0 bridgehead atoms. The summed E-state index contributed by atoms with van der Waals surface area (Å²) in [6.07, 6.45) is 0. The molecule has 0 fully saturated rings. The Morgan fingerprint density at radius 2 is 2.00 bits per heavy atom. The minimum absolute atomic E-state index is 0.195. The first-order valence-electron chi connectivity index (χ1n) is 7.55. The molecular weight excluding hydrogens is 296 g/mol. The number of nitrogens with one attached hydrogen (secondary N) is 1. The summed E-state index contributed by atoms with van der Waals surface area (Å²) < 4.78 is 5.74. The zero-order valence-corrected chi connectivity index (χ0v) is 14.2. The van der Waals surface area contributed by atoms with Crippen LogP contribution in [0.4, 0.5) is 0 Å². The third-order valence-corrected chi connectivity index (χ3v) is 4.60. The number of ether oxygens (including phenoxy) is 1. The predicted molar refractivity (Wildman–Crippen MR) is 90.2 cm³/mol. The molecule has 1 aromatic carbocycles. The first-order valence-corrected chi connectivity index (χ1v) is 8.43. The minimum atomic E-state index is 0.195. The smallest absolute Gasteiger partial charge is 0.140 e. The molecule has 0 radical (unpaired) electrons. The van der Waals surface area contributed by atoms with Crippen LogP contribution in [-0.2, 0) is 13.2 Å². The van der Waals surface area contributed by atoms with Gasteiger partial charge in [-0.25, -0.2) is 4.98 Å². The Bertz CT molecular complexity index is 568. The van der Waals surface area contributed by atoms with E-state index in [-0.39, 0.29) is 18.6 Å². The lowest BCUT2D eigenvalue weighted by Crippen LogP contribution is -2.33. The highest BCUT2D eigenvalue weighted by Gasteiger charge is 2.11. The van der Waals surface area contributed by atoms with Crippen molar-refractivity contribution in [1.29, 1.82) is 0 Å². The van der Waals surface area contributed by atoms with Crippen LogP contribution in [0.1, 0.15) is 30.1 Å². The van der Waals surface area contributed by atoms with Crippen molar-refractivity contribution < 1.29 is 9.84 Å². The molecule has 5 heteroatoms. The summed E-state index contributed by atoms with van der Waals surface area (Å²) in [6.45, 7) is 7.57. The van der Waals surface area contributed by atoms with E-state index in [1.807, 2.05) is 31.2 Å². The number of nitrogens with zero attached hydrogens (tertiary/aromatic N) is 1. The van der Waals surface area contributed by atoms with Crippen LogP contribution in [0, 0.1) is 12.8 Å². The highest BCUT2D eigenvalue weighted by molar-refractivity contribution is 7.09. The Hall–Kier alpha value is -1.43. The standard InChI is InChI=1S/C17H24N2O2S/c1-12-4-6-16(7-5-12)21-10-17-19-15(11-22-17)8-18-14(3)13(2)9-20/h4-7,11,13-14,18,20H,8-10H2,1-3H3. The SMILES string of the molecule is Cc1ccc(OCc2nc(CNC(C)C(C)CO)cs2)cc1. The van der Waals surface area contributed by atoms with Crippen molar-refractivity contribution in [1.82, 2.24) is 10.3 Å². The number of benzene rings is 1. The third kappa shape index (κ3) is 5.09. The van der Waals surface area contributed by atoms with Crippen LogP contribution in [0.15, 0.2) is 29.6 Å². The van der Waals surface area contributed by atoms with Crippen molar-refractivity contribution in [3.8, 4) is 5.75 Å². The maximum atomic E-state index is 9.13. The highest BCUT2D eigenvalue weighted by atomic mass is 32.1. The van der Waals surface area contributed by atoms with E-state index >= 15 is 0 Å². The number of thiazole rings is 1. The van der Waals surface area contributed by atoms with Crippen LogP contribution in [0.5, 0.6) is 5.75 Å². The van der Waals surface area contributed by atoms with Crippen molar-refractivity contribution in [2.45, 2.75) is 40.0 Å². The lowest BCUT2D eigenvalue weighted by Gasteiger charge is -2.18. The van der Waals surface area contributed by atoms with Gasteiger partial charge in [-0.2, -0.15) is 0 Å². The predicted octanol–water partition coefficient (Wildman–Crippen LogP) is 3.14. The van der Waals surface area contributed by atoms with Gasteiger partial charge in [0.1, 0.15) is 17.4 Å². The molecule has 1 heterocycles. The lowest BCUT2D eigenvalue weighted by atomic mass is 10.1. The van der Waals surface area contributed by atoms with Gasteiger partial charge in [0.15, 0.2) is 0 Å². The fraction of sp³-hybridized carbons (Fsp3) is 0.471. The Balaban J connectivity index is 1.80. The van der Waals surface area contributed by atoms with E-state index in [1.54, 1.807) is 11.3 Å². The number of aromatic nitrogens is 1. The first kappa shape index (κ1) is 16.9. The second kappa shape index (κ2) is 8.27. The van der Waals surface area contributed by atoms with Crippen LogP contribution in [0.2, 0.25) is 0 Å². The molecule has 22 heavy (non-hydrogen) atoms. The number of aliphatic hydroxyl groups excluding tert-OH is 1. The summed E-state index contributed by atoms with van der Waals surface area (Å²) in [6, 6.07) is 8.29. The number of aryl methyl sites for hydroxylation is 1. The van der Waals surface area contributed by atoms with E-state index in [0.29, 0.717) is 13.2 Å². The molecule has 1 aromatic heterocycles. The van der Waals surface area contributed by atoms with Crippen LogP contribution in [0.25, 0.3) is 0 Å². The molecule has 0 aliphatic carbocycles. The molecular formula is C17H24N2O2S. The van der Waals surface area contributed by atoms with Gasteiger partial charge in [0.2, 0.25) is 0 Å². The molecule has 0 aliphatic rings. The van der Waals surface area contributed by atoms with E-state index in [0.717, 1.165) is 16.5 Å². The Labute approximate surface area is 136 Å².